The zero-order chi connectivity index (χ0) is 14.8. The predicted molar refractivity (Wildman–Crippen MR) is 79.0 cm³/mol. The van der Waals surface area contributed by atoms with Crippen LogP contribution in [0.5, 0.6) is 0 Å². The van der Waals surface area contributed by atoms with Crippen LogP contribution < -0.4 is 5.73 Å². The van der Waals surface area contributed by atoms with Gasteiger partial charge in [0.2, 0.25) is 5.91 Å². The second-order valence-electron chi connectivity index (χ2n) is 6.09. The molecule has 0 bridgehead atoms. The van der Waals surface area contributed by atoms with Gasteiger partial charge in [0.1, 0.15) is 5.82 Å². The average molecular weight is 291 g/mol. The topological polar surface area (TPSA) is 49.6 Å². The normalized spacial score (nSPS) is 26.5. The lowest BCUT2D eigenvalue weighted by Gasteiger charge is -2.27. The quantitative estimate of drug-likeness (QED) is 0.914. The fourth-order valence-corrected chi connectivity index (χ4v) is 3.32. The molecule has 1 amide bonds. The molecule has 4 nitrogen and oxygen atoms in total. The summed E-state index contributed by atoms with van der Waals surface area (Å²) >= 11 is 0. The third kappa shape index (κ3) is 3.24. The molecule has 2 atom stereocenters. The lowest BCUT2D eigenvalue weighted by Crippen LogP contribution is -2.45. The van der Waals surface area contributed by atoms with Gasteiger partial charge < -0.3 is 10.6 Å². The van der Waals surface area contributed by atoms with Crippen molar-refractivity contribution in [2.24, 2.45) is 5.73 Å². The average Bonchev–Trinajstić information content (AvgIpc) is 3.10. The van der Waals surface area contributed by atoms with Crippen molar-refractivity contribution in [2.45, 2.75) is 37.9 Å². The highest BCUT2D eigenvalue weighted by Gasteiger charge is 2.35. The van der Waals surface area contributed by atoms with Crippen LogP contribution >= 0.6 is 0 Å². The standard InChI is InChI=1S/C16H22FN3O/c17-13-5-3-12(4-6-13)10-19-8-1-2-15(19)16(21)20-9-7-14(18)11-20/h3-6,14-15H,1-2,7-11,18H2. The van der Waals surface area contributed by atoms with Crippen LogP contribution in [-0.2, 0) is 11.3 Å². The minimum Gasteiger partial charge on any atom is -0.340 e. The van der Waals surface area contributed by atoms with Gasteiger partial charge >= 0.3 is 0 Å². The van der Waals surface area contributed by atoms with E-state index in [0.717, 1.165) is 37.9 Å². The van der Waals surface area contributed by atoms with Crippen molar-refractivity contribution in [3.05, 3.63) is 35.6 Å². The van der Waals surface area contributed by atoms with Gasteiger partial charge in [-0.15, -0.1) is 0 Å². The molecule has 0 aromatic heterocycles. The summed E-state index contributed by atoms with van der Waals surface area (Å²) in [5.41, 5.74) is 6.94. The van der Waals surface area contributed by atoms with Crippen molar-refractivity contribution in [1.82, 2.24) is 9.80 Å². The summed E-state index contributed by atoms with van der Waals surface area (Å²) < 4.78 is 13.0. The second-order valence-corrected chi connectivity index (χ2v) is 6.09. The van der Waals surface area contributed by atoms with E-state index >= 15 is 0 Å². The molecule has 1 aromatic rings. The summed E-state index contributed by atoms with van der Waals surface area (Å²) in [6.45, 7) is 3.09. The number of rotatable bonds is 3. The molecule has 0 aliphatic carbocycles. The van der Waals surface area contributed by atoms with Crippen LogP contribution in [0.25, 0.3) is 0 Å². The number of nitrogens with two attached hydrogens (primary N) is 1. The third-order valence-electron chi connectivity index (χ3n) is 4.48. The summed E-state index contributed by atoms with van der Waals surface area (Å²) in [5.74, 6) is -0.0126. The number of hydrogen-bond acceptors (Lipinski definition) is 3. The molecular formula is C16H22FN3O. The molecule has 0 spiro atoms. The van der Waals surface area contributed by atoms with Crippen molar-refractivity contribution in [3.63, 3.8) is 0 Å². The SMILES string of the molecule is NC1CCN(C(=O)C2CCCN2Cc2ccc(F)cc2)C1. The number of benzene rings is 1. The van der Waals surface area contributed by atoms with E-state index in [4.69, 9.17) is 5.73 Å². The summed E-state index contributed by atoms with van der Waals surface area (Å²) in [6.07, 6.45) is 2.85. The Balaban J connectivity index is 1.65. The molecule has 0 saturated carbocycles. The Labute approximate surface area is 124 Å². The van der Waals surface area contributed by atoms with Gasteiger partial charge in [0.15, 0.2) is 0 Å². The van der Waals surface area contributed by atoms with E-state index in [0.29, 0.717) is 13.1 Å². The lowest BCUT2D eigenvalue weighted by molar-refractivity contribution is -0.135. The maximum Gasteiger partial charge on any atom is 0.239 e. The number of carbonyl (C=O) groups excluding carboxylic acids is 1. The summed E-state index contributed by atoms with van der Waals surface area (Å²) in [5, 5.41) is 0. The molecule has 21 heavy (non-hydrogen) atoms. The first-order chi connectivity index (χ1) is 10.1. The van der Waals surface area contributed by atoms with Crippen LogP contribution in [0.2, 0.25) is 0 Å². The predicted octanol–water partition coefficient (Wildman–Crippen LogP) is 1.35. The summed E-state index contributed by atoms with van der Waals surface area (Å²) in [4.78, 5) is 16.7. The Hall–Kier alpha value is -1.46. The van der Waals surface area contributed by atoms with Gasteiger partial charge in [-0.2, -0.15) is 0 Å². The third-order valence-corrected chi connectivity index (χ3v) is 4.48. The fraction of sp³-hybridized carbons (Fsp3) is 0.562. The number of likely N-dealkylation sites (tertiary alicyclic amines) is 2. The van der Waals surface area contributed by atoms with Crippen molar-refractivity contribution in [3.8, 4) is 0 Å². The Morgan fingerprint density at radius 3 is 2.67 bits per heavy atom. The van der Waals surface area contributed by atoms with Crippen LogP contribution in [0.3, 0.4) is 0 Å². The highest BCUT2D eigenvalue weighted by Crippen LogP contribution is 2.23. The first-order valence-electron chi connectivity index (χ1n) is 7.66. The molecule has 114 valence electrons. The van der Waals surface area contributed by atoms with E-state index in [2.05, 4.69) is 4.90 Å². The monoisotopic (exact) mass is 291 g/mol. The van der Waals surface area contributed by atoms with Crippen LogP contribution in [0.15, 0.2) is 24.3 Å². The molecule has 2 N–H and O–H groups in total. The fourth-order valence-electron chi connectivity index (χ4n) is 3.32. The largest absolute Gasteiger partial charge is 0.340 e. The van der Waals surface area contributed by atoms with Gasteiger partial charge in [-0.1, -0.05) is 12.1 Å². The van der Waals surface area contributed by atoms with Crippen molar-refractivity contribution in [2.75, 3.05) is 19.6 Å². The second kappa shape index (κ2) is 6.12. The number of hydrogen-bond donors (Lipinski definition) is 1. The van der Waals surface area contributed by atoms with E-state index < -0.39 is 0 Å². The number of halogens is 1. The summed E-state index contributed by atoms with van der Waals surface area (Å²) in [6, 6.07) is 6.62. The maximum absolute atomic E-state index is 13.0. The van der Waals surface area contributed by atoms with Crippen molar-refractivity contribution < 1.29 is 9.18 Å². The van der Waals surface area contributed by atoms with Crippen LogP contribution in [-0.4, -0.2) is 47.4 Å². The van der Waals surface area contributed by atoms with Gasteiger partial charge in [-0.25, -0.2) is 4.39 Å². The molecule has 2 unspecified atom stereocenters. The molecule has 2 aliphatic heterocycles. The van der Waals surface area contributed by atoms with Gasteiger partial charge in [-0.05, 0) is 43.5 Å². The molecule has 2 heterocycles. The smallest absolute Gasteiger partial charge is 0.239 e. The molecule has 2 saturated heterocycles. The first-order valence-corrected chi connectivity index (χ1v) is 7.66. The highest BCUT2D eigenvalue weighted by molar-refractivity contribution is 5.82. The first kappa shape index (κ1) is 14.5. The van der Waals surface area contributed by atoms with E-state index in [1.54, 1.807) is 12.1 Å². The van der Waals surface area contributed by atoms with Gasteiger partial charge in [0, 0.05) is 25.7 Å². The minimum atomic E-state index is -0.223. The molecule has 5 heteroatoms. The van der Waals surface area contributed by atoms with E-state index in [1.807, 2.05) is 4.90 Å². The number of nitrogens with zero attached hydrogens (tertiary/aromatic N) is 2. The Kier molecular flexibility index (Phi) is 4.22. The Morgan fingerprint density at radius 2 is 2.00 bits per heavy atom. The molecule has 1 aromatic carbocycles. The molecule has 2 aliphatic rings. The van der Waals surface area contributed by atoms with E-state index in [1.165, 1.54) is 12.1 Å². The molecule has 2 fully saturated rings. The zero-order valence-electron chi connectivity index (χ0n) is 12.2. The molecule has 0 radical (unpaired) electrons. The van der Waals surface area contributed by atoms with Gasteiger partial charge in [-0.3, -0.25) is 9.69 Å². The Morgan fingerprint density at radius 1 is 1.24 bits per heavy atom. The van der Waals surface area contributed by atoms with Gasteiger partial charge in [0.05, 0.1) is 6.04 Å². The van der Waals surface area contributed by atoms with Crippen LogP contribution in [0.4, 0.5) is 4.39 Å². The Bertz CT molecular complexity index is 505. The van der Waals surface area contributed by atoms with Crippen LogP contribution in [0, 0.1) is 5.82 Å². The van der Waals surface area contributed by atoms with Gasteiger partial charge in [0.25, 0.3) is 0 Å². The van der Waals surface area contributed by atoms with E-state index in [-0.39, 0.29) is 23.8 Å². The molecular weight excluding hydrogens is 269 g/mol. The van der Waals surface area contributed by atoms with Crippen LogP contribution in [0.1, 0.15) is 24.8 Å². The number of amides is 1. The lowest BCUT2D eigenvalue weighted by atomic mass is 10.1. The minimum absolute atomic E-state index is 0.0413. The summed E-state index contributed by atoms with van der Waals surface area (Å²) in [7, 11) is 0. The highest BCUT2D eigenvalue weighted by atomic mass is 19.1. The molecule has 3 rings (SSSR count). The van der Waals surface area contributed by atoms with Crippen molar-refractivity contribution >= 4 is 5.91 Å². The zero-order valence-corrected chi connectivity index (χ0v) is 12.2. The number of carbonyl (C=O) groups is 1. The van der Waals surface area contributed by atoms with E-state index in [9.17, 15) is 9.18 Å². The van der Waals surface area contributed by atoms with Crippen molar-refractivity contribution in [1.29, 1.82) is 0 Å². The maximum atomic E-state index is 13.0.